The Bertz CT molecular complexity index is 998. The summed E-state index contributed by atoms with van der Waals surface area (Å²) in [7, 11) is 0. The van der Waals surface area contributed by atoms with Gasteiger partial charge >= 0.3 is 0 Å². The molecule has 0 saturated carbocycles. The van der Waals surface area contributed by atoms with Crippen molar-refractivity contribution in [3.8, 4) is 6.07 Å². The number of aromatic nitrogens is 2. The number of nitriles is 1. The molecule has 2 aromatic heterocycles. The number of carbonyl (C=O) groups excluding carboxylic acids is 1. The average molecular weight is 381 g/mol. The lowest BCUT2D eigenvalue weighted by molar-refractivity contribution is -0.112. The van der Waals surface area contributed by atoms with E-state index in [2.05, 4.69) is 26.2 Å². The number of fused-ring (bicyclic) bond motifs is 1. The molecule has 0 spiro atoms. The SMILES string of the molecule is Cc1cccc(NC(=O)/C(C#N)=C\c2cnc3ccc(Br)cn23)c1. The van der Waals surface area contributed by atoms with Crippen LogP contribution in [0.3, 0.4) is 0 Å². The summed E-state index contributed by atoms with van der Waals surface area (Å²) in [6, 6.07) is 13.1. The average Bonchev–Trinajstić information content (AvgIpc) is 2.94. The van der Waals surface area contributed by atoms with Crippen molar-refractivity contribution < 1.29 is 4.79 Å². The van der Waals surface area contributed by atoms with Crippen LogP contribution in [0.5, 0.6) is 0 Å². The van der Waals surface area contributed by atoms with Gasteiger partial charge in [-0.15, -0.1) is 0 Å². The number of halogens is 1. The lowest BCUT2D eigenvalue weighted by Gasteiger charge is -2.05. The van der Waals surface area contributed by atoms with Crippen LogP contribution in [-0.2, 0) is 4.79 Å². The number of pyridine rings is 1. The number of benzene rings is 1. The third-order valence-corrected chi connectivity index (χ3v) is 3.90. The van der Waals surface area contributed by atoms with Crippen molar-refractivity contribution >= 4 is 39.2 Å². The van der Waals surface area contributed by atoms with Gasteiger partial charge in [-0.05, 0) is 58.8 Å². The zero-order valence-electron chi connectivity index (χ0n) is 12.8. The molecule has 0 bridgehead atoms. The van der Waals surface area contributed by atoms with Crippen LogP contribution in [-0.4, -0.2) is 15.3 Å². The van der Waals surface area contributed by atoms with Gasteiger partial charge in [-0.1, -0.05) is 12.1 Å². The summed E-state index contributed by atoms with van der Waals surface area (Å²) >= 11 is 3.40. The summed E-state index contributed by atoms with van der Waals surface area (Å²) in [6.07, 6.45) is 4.98. The van der Waals surface area contributed by atoms with E-state index in [0.29, 0.717) is 11.4 Å². The van der Waals surface area contributed by atoms with Gasteiger partial charge in [0.1, 0.15) is 17.3 Å². The van der Waals surface area contributed by atoms with Gasteiger partial charge in [0.05, 0.1) is 11.9 Å². The number of hydrogen-bond acceptors (Lipinski definition) is 3. The monoisotopic (exact) mass is 380 g/mol. The number of aryl methyl sites for hydroxylation is 1. The number of rotatable bonds is 3. The topological polar surface area (TPSA) is 70.2 Å². The van der Waals surface area contributed by atoms with Crippen LogP contribution >= 0.6 is 15.9 Å². The van der Waals surface area contributed by atoms with Gasteiger partial charge in [0, 0.05) is 16.4 Å². The number of nitrogens with one attached hydrogen (secondary N) is 1. The van der Waals surface area contributed by atoms with E-state index < -0.39 is 5.91 Å². The van der Waals surface area contributed by atoms with Gasteiger partial charge in [-0.25, -0.2) is 4.98 Å². The molecule has 3 rings (SSSR count). The fourth-order valence-electron chi connectivity index (χ4n) is 2.30. The van der Waals surface area contributed by atoms with E-state index in [0.717, 1.165) is 15.7 Å². The van der Waals surface area contributed by atoms with Crippen molar-refractivity contribution in [1.82, 2.24) is 9.38 Å². The van der Waals surface area contributed by atoms with E-state index in [9.17, 15) is 10.1 Å². The summed E-state index contributed by atoms with van der Waals surface area (Å²) < 4.78 is 2.69. The maximum atomic E-state index is 12.3. The fourth-order valence-corrected chi connectivity index (χ4v) is 2.63. The Labute approximate surface area is 147 Å². The molecule has 0 aliphatic heterocycles. The number of anilines is 1. The first kappa shape index (κ1) is 16.0. The number of nitrogens with zero attached hydrogens (tertiary/aromatic N) is 3. The van der Waals surface area contributed by atoms with Crippen molar-refractivity contribution in [2.45, 2.75) is 6.92 Å². The molecule has 6 heteroatoms. The Morgan fingerprint density at radius 2 is 2.21 bits per heavy atom. The van der Waals surface area contributed by atoms with E-state index in [-0.39, 0.29) is 5.57 Å². The van der Waals surface area contributed by atoms with Crippen molar-refractivity contribution in [1.29, 1.82) is 5.26 Å². The number of hydrogen-bond donors (Lipinski definition) is 1. The molecule has 1 amide bonds. The molecular formula is C18H13BrN4O. The molecule has 0 radical (unpaired) electrons. The summed E-state index contributed by atoms with van der Waals surface area (Å²) in [5, 5.41) is 12.1. The van der Waals surface area contributed by atoms with Gasteiger partial charge in [-0.3, -0.25) is 9.20 Å². The molecule has 0 aliphatic carbocycles. The van der Waals surface area contributed by atoms with Crippen LogP contribution in [0, 0.1) is 18.3 Å². The summed E-state index contributed by atoms with van der Waals surface area (Å²) in [5.41, 5.74) is 3.09. The molecule has 0 atom stereocenters. The van der Waals surface area contributed by atoms with E-state index >= 15 is 0 Å². The maximum Gasteiger partial charge on any atom is 0.266 e. The van der Waals surface area contributed by atoms with Gasteiger partial charge in [0.25, 0.3) is 5.91 Å². The third-order valence-electron chi connectivity index (χ3n) is 3.43. The lowest BCUT2D eigenvalue weighted by Crippen LogP contribution is -2.13. The first-order chi connectivity index (χ1) is 11.6. The highest BCUT2D eigenvalue weighted by molar-refractivity contribution is 9.10. The van der Waals surface area contributed by atoms with Crippen LogP contribution < -0.4 is 5.32 Å². The minimum atomic E-state index is -0.451. The van der Waals surface area contributed by atoms with E-state index in [1.54, 1.807) is 16.7 Å². The predicted molar refractivity (Wildman–Crippen MR) is 96.3 cm³/mol. The maximum absolute atomic E-state index is 12.3. The molecule has 2 heterocycles. The highest BCUT2D eigenvalue weighted by atomic mass is 79.9. The number of carbonyl (C=O) groups is 1. The quantitative estimate of drug-likeness (QED) is 0.552. The van der Waals surface area contributed by atoms with Crippen LogP contribution in [0.1, 0.15) is 11.3 Å². The lowest BCUT2D eigenvalue weighted by atomic mass is 10.2. The molecule has 3 aromatic rings. The summed E-state index contributed by atoms with van der Waals surface area (Å²) in [4.78, 5) is 16.6. The highest BCUT2D eigenvalue weighted by Gasteiger charge is 2.11. The molecule has 1 N–H and O–H groups in total. The van der Waals surface area contributed by atoms with E-state index in [4.69, 9.17) is 0 Å². The van der Waals surface area contributed by atoms with Crippen LogP contribution in [0.4, 0.5) is 5.69 Å². The smallest absolute Gasteiger partial charge is 0.266 e. The Kier molecular flexibility index (Phi) is 4.45. The standard InChI is InChI=1S/C18H13BrN4O/c1-12-3-2-4-15(7-12)22-18(24)13(9-20)8-16-10-21-17-6-5-14(19)11-23(16)17/h2-8,10-11H,1H3,(H,22,24)/b13-8-. The third kappa shape index (κ3) is 3.36. The van der Waals surface area contributed by atoms with E-state index in [1.165, 1.54) is 6.08 Å². The van der Waals surface area contributed by atoms with Gasteiger partial charge in [0.15, 0.2) is 0 Å². The number of amides is 1. The summed E-state index contributed by atoms with van der Waals surface area (Å²) in [5.74, 6) is -0.451. The van der Waals surface area contributed by atoms with Gasteiger partial charge < -0.3 is 5.32 Å². The zero-order valence-corrected chi connectivity index (χ0v) is 14.4. The predicted octanol–water partition coefficient (Wildman–Crippen LogP) is 3.95. The Balaban J connectivity index is 1.92. The largest absolute Gasteiger partial charge is 0.321 e. The molecule has 118 valence electrons. The zero-order chi connectivity index (χ0) is 17.1. The second kappa shape index (κ2) is 6.69. The highest BCUT2D eigenvalue weighted by Crippen LogP contribution is 2.17. The normalized spacial score (nSPS) is 11.3. The van der Waals surface area contributed by atoms with Crippen molar-refractivity contribution in [2.24, 2.45) is 0 Å². The first-order valence-corrected chi connectivity index (χ1v) is 7.98. The first-order valence-electron chi connectivity index (χ1n) is 7.19. The molecular weight excluding hydrogens is 368 g/mol. The molecule has 5 nitrogen and oxygen atoms in total. The van der Waals surface area contributed by atoms with Crippen LogP contribution in [0.15, 0.2) is 58.8 Å². The molecule has 1 aromatic carbocycles. The summed E-state index contributed by atoms with van der Waals surface area (Å²) in [6.45, 7) is 1.94. The second-order valence-electron chi connectivity index (χ2n) is 5.25. The fraction of sp³-hybridized carbons (Fsp3) is 0.0556. The number of imidazole rings is 1. The van der Waals surface area contributed by atoms with Crippen molar-refractivity contribution in [3.63, 3.8) is 0 Å². The van der Waals surface area contributed by atoms with Crippen LogP contribution in [0.25, 0.3) is 11.7 Å². The molecule has 0 saturated heterocycles. The molecule has 0 aliphatic rings. The van der Waals surface area contributed by atoms with Gasteiger partial charge in [0.2, 0.25) is 0 Å². The minimum absolute atomic E-state index is 0.0123. The van der Waals surface area contributed by atoms with E-state index in [1.807, 2.05) is 49.5 Å². The van der Waals surface area contributed by atoms with Crippen LogP contribution in [0.2, 0.25) is 0 Å². The van der Waals surface area contributed by atoms with Crippen molar-refractivity contribution in [2.75, 3.05) is 5.32 Å². The Morgan fingerprint density at radius 3 is 2.96 bits per heavy atom. The Morgan fingerprint density at radius 1 is 1.38 bits per heavy atom. The molecule has 0 unspecified atom stereocenters. The van der Waals surface area contributed by atoms with Gasteiger partial charge in [-0.2, -0.15) is 5.26 Å². The second-order valence-corrected chi connectivity index (χ2v) is 6.17. The Hall–Kier alpha value is -2.91. The molecule has 24 heavy (non-hydrogen) atoms. The minimum Gasteiger partial charge on any atom is -0.321 e. The van der Waals surface area contributed by atoms with Crippen molar-refractivity contribution in [3.05, 3.63) is 70.1 Å². The molecule has 0 fully saturated rings.